The minimum atomic E-state index is 0.357. The van der Waals surface area contributed by atoms with Crippen LogP contribution in [-0.4, -0.2) is 19.8 Å². The highest BCUT2D eigenvalue weighted by molar-refractivity contribution is 7.80. The number of pyridine rings is 1. The molecule has 0 saturated carbocycles. The minimum absolute atomic E-state index is 0.357. The second-order valence-electron chi connectivity index (χ2n) is 3.60. The van der Waals surface area contributed by atoms with Crippen LogP contribution in [0, 0.1) is 0 Å². The van der Waals surface area contributed by atoms with Crippen LogP contribution in [0.4, 0.5) is 5.82 Å². The highest BCUT2D eigenvalue weighted by Gasteiger charge is 2.00. The van der Waals surface area contributed by atoms with Crippen LogP contribution >= 0.6 is 12.2 Å². The maximum Gasteiger partial charge on any atom is 0.126 e. The summed E-state index contributed by atoms with van der Waals surface area (Å²) in [6, 6.07) is 5.65. The molecule has 0 atom stereocenters. The van der Waals surface area contributed by atoms with Crippen LogP contribution in [0.3, 0.4) is 0 Å². The van der Waals surface area contributed by atoms with E-state index in [9.17, 15) is 0 Å². The van der Waals surface area contributed by atoms with Crippen molar-refractivity contribution in [3.05, 3.63) is 41.9 Å². The van der Waals surface area contributed by atoms with Gasteiger partial charge < -0.3 is 11.1 Å². The number of nitrogens with zero attached hydrogens (tertiary/aromatic N) is 3. The van der Waals surface area contributed by atoms with E-state index in [4.69, 9.17) is 18.0 Å². The Kier molecular flexibility index (Phi) is 3.34. The lowest BCUT2D eigenvalue weighted by atomic mass is 10.3. The fourth-order valence-corrected chi connectivity index (χ4v) is 1.52. The smallest absolute Gasteiger partial charge is 0.126 e. The van der Waals surface area contributed by atoms with Crippen LogP contribution < -0.4 is 11.1 Å². The summed E-state index contributed by atoms with van der Waals surface area (Å²) in [5.41, 5.74) is 7.35. The third-order valence-corrected chi connectivity index (χ3v) is 2.66. The van der Waals surface area contributed by atoms with E-state index in [0.29, 0.717) is 11.5 Å². The van der Waals surface area contributed by atoms with Crippen molar-refractivity contribution in [1.29, 1.82) is 0 Å². The fourth-order valence-electron chi connectivity index (χ4n) is 1.40. The number of aryl methyl sites for hydroxylation is 1. The van der Waals surface area contributed by atoms with E-state index in [2.05, 4.69) is 15.4 Å². The Hall–Kier alpha value is -1.95. The second kappa shape index (κ2) is 4.92. The monoisotopic (exact) mass is 247 g/mol. The number of anilines is 1. The standard InChI is InChI=1S/C11H13N5S/c1-16-9(4-5-15-16)7-14-10-3-2-8(6-13-10)11(12)17/h2-6H,7H2,1H3,(H2,12,17)(H,13,14). The van der Waals surface area contributed by atoms with Crippen LogP contribution in [0.2, 0.25) is 0 Å². The van der Waals surface area contributed by atoms with Crippen molar-refractivity contribution in [2.75, 3.05) is 5.32 Å². The van der Waals surface area contributed by atoms with Crippen LogP contribution in [-0.2, 0) is 13.6 Å². The summed E-state index contributed by atoms with van der Waals surface area (Å²) in [5.74, 6) is 0.784. The van der Waals surface area contributed by atoms with Crippen molar-refractivity contribution in [2.24, 2.45) is 12.8 Å². The molecule has 0 unspecified atom stereocenters. The van der Waals surface area contributed by atoms with E-state index in [1.807, 2.05) is 29.9 Å². The van der Waals surface area contributed by atoms with E-state index in [1.54, 1.807) is 12.4 Å². The number of aromatic nitrogens is 3. The molecule has 2 aromatic heterocycles. The average Bonchev–Trinajstić information content (AvgIpc) is 2.73. The van der Waals surface area contributed by atoms with Gasteiger partial charge in [-0.1, -0.05) is 12.2 Å². The zero-order valence-electron chi connectivity index (χ0n) is 9.42. The molecule has 2 aromatic rings. The maximum atomic E-state index is 5.49. The summed E-state index contributed by atoms with van der Waals surface area (Å²) in [6.07, 6.45) is 3.42. The van der Waals surface area contributed by atoms with Gasteiger partial charge in [-0.05, 0) is 18.2 Å². The molecule has 6 heteroatoms. The van der Waals surface area contributed by atoms with Gasteiger partial charge in [0.1, 0.15) is 10.8 Å². The Balaban J connectivity index is 2.00. The summed E-state index contributed by atoms with van der Waals surface area (Å²) >= 11 is 4.86. The van der Waals surface area contributed by atoms with Gasteiger partial charge in [-0.3, -0.25) is 4.68 Å². The molecule has 0 saturated heterocycles. The summed E-state index contributed by atoms with van der Waals surface area (Å²) in [5, 5.41) is 7.29. The Morgan fingerprint density at radius 3 is 2.82 bits per heavy atom. The van der Waals surface area contributed by atoms with Gasteiger partial charge in [0.25, 0.3) is 0 Å². The number of thiocarbonyl (C=S) groups is 1. The van der Waals surface area contributed by atoms with E-state index in [1.165, 1.54) is 0 Å². The molecule has 5 nitrogen and oxygen atoms in total. The Morgan fingerprint density at radius 2 is 2.29 bits per heavy atom. The molecule has 0 spiro atoms. The van der Waals surface area contributed by atoms with Crippen LogP contribution in [0.5, 0.6) is 0 Å². The SMILES string of the molecule is Cn1nccc1CNc1ccc(C(N)=S)cn1. The normalized spacial score (nSPS) is 10.2. The van der Waals surface area contributed by atoms with Crippen molar-refractivity contribution < 1.29 is 0 Å². The molecule has 2 heterocycles. The lowest BCUT2D eigenvalue weighted by Crippen LogP contribution is -2.10. The van der Waals surface area contributed by atoms with Crippen molar-refractivity contribution in [3.63, 3.8) is 0 Å². The van der Waals surface area contributed by atoms with Crippen molar-refractivity contribution in [2.45, 2.75) is 6.54 Å². The molecule has 0 aromatic carbocycles. The van der Waals surface area contributed by atoms with Gasteiger partial charge in [-0.15, -0.1) is 0 Å². The van der Waals surface area contributed by atoms with E-state index >= 15 is 0 Å². The summed E-state index contributed by atoms with van der Waals surface area (Å²) in [7, 11) is 1.90. The number of hydrogen-bond acceptors (Lipinski definition) is 4. The quantitative estimate of drug-likeness (QED) is 0.791. The summed E-state index contributed by atoms with van der Waals surface area (Å²) < 4.78 is 1.82. The molecule has 0 fully saturated rings. The molecule has 88 valence electrons. The van der Waals surface area contributed by atoms with Crippen LogP contribution in [0.15, 0.2) is 30.6 Å². The molecular formula is C11H13N5S. The topological polar surface area (TPSA) is 68.8 Å². The first-order chi connectivity index (χ1) is 8.16. The predicted molar refractivity (Wildman–Crippen MR) is 70.7 cm³/mol. The zero-order valence-corrected chi connectivity index (χ0v) is 10.2. The number of hydrogen-bond donors (Lipinski definition) is 2. The Morgan fingerprint density at radius 1 is 1.47 bits per heavy atom. The molecule has 2 rings (SSSR count). The van der Waals surface area contributed by atoms with Gasteiger partial charge in [-0.25, -0.2) is 4.98 Å². The molecule has 0 aliphatic carbocycles. The Labute approximate surface area is 105 Å². The highest BCUT2D eigenvalue weighted by Crippen LogP contribution is 2.07. The van der Waals surface area contributed by atoms with E-state index in [-0.39, 0.29) is 0 Å². The number of nitrogens with one attached hydrogen (secondary N) is 1. The Bertz CT molecular complexity index is 517. The molecule has 0 amide bonds. The molecule has 0 aliphatic rings. The van der Waals surface area contributed by atoms with Crippen molar-refractivity contribution in [3.8, 4) is 0 Å². The third kappa shape index (κ3) is 2.79. The summed E-state index contributed by atoms with van der Waals surface area (Å²) in [4.78, 5) is 4.58. The largest absolute Gasteiger partial charge is 0.389 e. The molecular weight excluding hydrogens is 234 g/mol. The van der Waals surface area contributed by atoms with Crippen LogP contribution in [0.1, 0.15) is 11.3 Å². The third-order valence-electron chi connectivity index (χ3n) is 2.42. The van der Waals surface area contributed by atoms with Crippen LogP contribution in [0.25, 0.3) is 0 Å². The highest BCUT2D eigenvalue weighted by atomic mass is 32.1. The van der Waals surface area contributed by atoms with Crippen molar-refractivity contribution in [1.82, 2.24) is 14.8 Å². The molecule has 0 radical (unpaired) electrons. The number of rotatable bonds is 4. The molecule has 0 bridgehead atoms. The van der Waals surface area contributed by atoms with Crippen molar-refractivity contribution >= 4 is 23.0 Å². The average molecular weight is 247 g/mol. The molecule has 0 aliphatic heterocycles. The van der Waals surface area contributed by atoms with E-state index in [0.717, 1.165) is 17.1 Å². The molecule has 17 heavy (non-hydrogen) atoms. The lowest BCUT2D eigenvalue weighted by Gasteiger charge is -2.06. The minimum Gasteiger partial charge on any atom is -0.389 e. The van der Waals surface area contributed by atoms with E-state index < -0.39 is 0 Å². The first-order valence-corrected chi connectivity index (χ1v) is 5.54. The van der Waals surface area contributed by atoms with Gasteiger partial charge in [0.2, 0.25) is 0 Å². The second-order valence-corrected chi connectivity index (χ2v) is 4.04. The fraction of sp³-hybridized carbons (Fsp3) is 0.182. The number of nitrogens with two attached hydrogens (primary N) is 1. The first kappa shape index (κ1) is 11.5. The molecule has 3 N–H and O–H groups in total. The van der Waals surface area contributed by atoms with Gasteiger partial charge in [-0.2, -0.15) is 5.10 Å². The van der Waals surface area contributed by atoms with Gasteiger partial charge in [0.15, 0.2) is 0 Å². The van der Waals surface area contributed by atoms with Gasteiger partial charge >= 0.3 is 0 Å². The van der Waals surface area contributed by atoms with Gasteiger partial charge in [0, 0.05) is 25.0 Å². The maximum absolute atomic E-state index is 5.49. The lowest BCUT2D eigenvalue weighted by molar-refractivity contribution is 0.720. The zero-order chi connectivity index (χ0) is 12.3. The first-order valence-electron chi connectivity index (χ1n) is 5.13. The van der Waals surface area contributed by atoms with Gasteiger partial charge in [0.05, 0.1) is 12.2 Å². The summed E-state index contributed by atoms with van der Waals surface area (Å²) in [6.45, 7) is 0.677. The predicted octanol–water partition coefficient (Wildman–Crippen LogP) is 1.06.